The molecule has 0 unspecified atom stereocenters. The van der Waals surface area contributed by atoms with Crippen LogP contribution in [0.5, 0.6) is 0 Å². The third-order valence-electron chi connectivity index (χ3n) is 9.88. The lowest BCUT2D eigenvalue weighted by Crippen LogP contribution is -2.37. The molecule has 3 heterocycles. The van der Waals surface area contributed by atoms with Crippen molar-refractivity contribution in [2.24, 2.45) is 7.05 Å². The Bertz CT molecular complexity index is 2500. The molecule has 3 aromatic heterocycles. The van der Waals surface area contributed by atoms with Gasteiger partial charge in [-0.15, -0.1) is 11.3 Å². The van der Waals surface area contributed by atoms with E-state index in [9.17, 15) is 0 Å². The predicted octanol–water partition coefficient (Wildman–Crippen LogP) is 11.4. The minimum atomic E-state index is 0.366. The van der Waals surface area contributed by atoms with E-state index in [0.717, 1.165) is 11.4 Å². The standard InChI is InChI=1S/C42H40N3S/c1-23(2)31-14-11-15-32(24(3)4)39(31)45-38-27(7)43-26(6)20-36(38)44(8)42(45)37-25(5)16-18-34-33-19-17-30-21-28-12-9-10-13-29(28)22-35(30)40(33)46-41(34)37/h9-24H,1-8H3/q+1. The van der Waals surface area contributed by atoms with Gasteiger partial charge in [0, 0.05) is 43.7 Å². The fourth-order valence-electron chi connectivity index (χ4n) is 7.66. The first-order valence-corrected chi connectivity index (χ1v) is 17.2. The Balaban J connectivity index is 1.56. The van der Waals surface area contributed by atoms with Crippen LogP contribution in [-0.2, 0) is 7.05 Å². The van der Waals surface area contributed by atoms with Crippen molar-refractivity contribution in [3.05, 3.63) is 113 Å². The van der Waals surface area contributed by atoms with Gasteiger partial charge in [0.15, 0.2) is 5.52 Å². The topological polar surface area (TPSA) is 21.7 Å². The highest BCUT2D eigenvalue weighted by Crippen LogP contribution is 2.45. The molecule has 0 saturated carbocycles. The summed E-state index contributed by atoms with van der Waals surface area (Å²) in [7, 11) is 2.24. The Kier molecular flexibility index (Phi) is 6.60. The molecule has 8 rings (SSSR count). The van der Waals surface area contributed by atoms with Crippen LogP contribution in [0.4, 0.5) is 0 Å². The summed E-state index contributed by atoms with van der Waals surface area (Å²) in [5, 5.41) is 7.84. The lowest BCUT2D eigenvalue weighted by Gasteiger charge is -2.19. The lowest BCUT2D eigenvalue weighted by molar-refractivity contribution is -0.557. The number of thiophene rings is 1. The van der Waals surface area contributed by atoms with Gasteiger partial charge < -0.3 is 0 Å². The lowest BCUT2D eigenvalue weighted by atomic mass is 9.92. The van der Waals surface area contributed by atoms with Gasteiger partial charge in [0.1, 0.15) is 5.69 Å². The molecule has 3 nitrogen and oxygen atoms in total. The molecule has 8 aromatic rings. The number of pyridine rings is 1. The second-order valence-corrected chi connectivity index (χ2v) is 14.6. The first kappa shape index (κ1) is 28.9. The molecule has 0 aliphatic heterocycles. The van der Waals surface area contributed by atoms with Gasteiger partial charge in [0.2, 0.25) is 5.52 Å². The summed E-state index contributed by atoms with van der Waals surface area (Å²) in [6.07, 6.45) is 0. The molecule has 0 saturated heterocycles. The fraction of sp³-hybridized carbons (Fsp3) is 0.238. The molecule has 0 bridgehead atoms. The zero-order valence-corrected chi connectivity index (χ0v) is 28.8. The van der Waals surface area contributed by atoms with Crippen molar-refractivity contribution in [3.8, 4) is 17.1 Å². The van der Waals surface area contributed by atoms with E-state index in [-0.39, 0.29) is 0 Å². The first-order chi connectivity index (χ1) is 22.1. The monoisotopic (exact) mass is 618 g/mol. The van der Waals surface area contributed by atoms with E-state index in [4.69, 9.17) is 4.98 Å². The van der Waals surface area contributed by atoms with Gasteiger partial charge in [-0.1, -0.05) is 94.4 Å². The van der Waals surface area contributed by atoms with Crippen LogP contribution < -0.4 is 4.57 Å². The Hall–Kier alpha value is -4.54. The van der Waals surface area contributed by atoms with E-state index < -0.39 is 0 Å². The molecular formula is C42H40N3S+. The summed E-state index contributed by atoms with van der Waals surface area (Å²) < 4.78 is 7.69. The van der Waals surface area contributed by atoms with E-state index >= 15 is 0 Å². The van der Waals surface area contributed by atoms with Gasteiger partial charge in [-0.3, -0.25) is 4.98 Å². The third kappa shape index (κ3) is 4.16. The smallest absolute Gasteiger partial charge is 0.254 e. The number of aryl methyl sites for hydroxylation is 4. The maximum absolute atomic E-state index is 5.03. The first-order valence-electron chi connectivity index (χ1n) is 16.4. The number of aromatic nitrogens is 3. The van der Waals surface area contributed by atoms with Crippen LogP contribution in [0.3, 0.4) is 0 Å². The van der Waals surface area contributed by atoms with Crippen molar-refractivity contribution in [2.75, 3.05) is 0 Å². The highest BCUT2D eigenvalue weighted by atomic mass is 32.1. The largest absolute Gasteiger partial charge is 0.296 e. The summed E-state index contributed by atoms with van der Waals surface area (Å²) >= 11 is 1.94. The van der Waals surface area contributed by atoms with Crippen LogP contribution in [0, 0.1) is 20.8 Å². The van der Waals surface area contributed by atoms with Gasteiger partial charge in [-0.05, 0) is 66.5 Å². The van der Waals surface area contributed by atoms with Crippen LogP contribution in [0.1, 0.15) is 67.6 Å². The number of imidazole rings is 1. The molecule has 0 aliphatic carbocycles. The van der Waals surface area contributed by atoms with Gasteiger partial charge in [0.05, 0.1) is 23.0 Å². The third-order valence-corrected chi connectivity index (χ3v) is 11.1. The van der Waals surface area contributed by atoms with Gasteiger partial charge in [-0.2, -0.15) is 4.57 Å². The van der Waals surface area contributed by atoms with E-state index in [0.29, 0.717) is 11.8 Å². The molecule has 0 N–H and O–H groups in total. The van der Waals surface area contributed by atoms with E-state index in [1.165, 1.54) is 86.5 Å². The average molecular weight is 619 g/mol. The van der Waals surface area contributed by atoms with Gasteiger partial charge >= 0.3 is 0 Å². The van der Waals surface area contributed by atoms with Crippen molar-refractivity contribution < 1.29 is 4.57 Å². The number of nitrogens with zero attached hydrogens (tertiary/aromatic N) is 3. The zero-order chi connectivity index (χ0) is 32.0. The van der Waals surface area contributed by atoms with E-state index in [2.05, 4.69) is 150 Å². The molecule has 0 amide bonds. The van der Waals surface area contributed by atoms with Crippen molar-refractivity contribution in [1.82, 2.24) is 9.55 Å². The van der Waals surface area contributed by atoms with Crippen molar-refractivity contribution in [2.45, 2.75) is 60.3 Å². The molecular weight excluding hydrogens is 579 g/mol. The summed E-state index contributed by atoms with van der Waals surface area (Å²) in [5.41, 5.74) is 11.1. The van der Waals surface area contributed by atoms with Gasteiger partial charge in [-0.25, -0.2) is 4.57 Å². The van der Waals surface area contributed by atoms with Crippen LogP contribution in [-0.4, -0.2) is 9.55 Å². The predicted molar refractivity (Wildman–Crippen MR) is 198 cm³/mol. The highest BCUT2D eigenvalue weighted by Gasteiger charge is 2.34. The SMILES string of the molecule is Cc1cc2c(c(C)n1)[n+](-c1c(C(C)C)cccc1C(C)C)c(-c1c(C)ccc3c1sc1c4cc5ccccc5cc4ccc31)n2C. The van der Waals surface area contributed by atoms with Crippen molar-refractivity contribution in [3.63, 3.8) is 0 Å². The molecule has 0 spiro atoms. The molecule has 46 heavy (non-hydrogen) atoms. The molecule has 0 aliphatic rings. The van der Waals surface area contributed by atoms with Crippen molar-refractivity contribution in [1.29, 1.82) is 0 Å². The van der Waals surface area contributed by atoms with Gasteiger partial charge in [0.25, 0.3) is 5.82 Å². The minimum absolute atomic E-state index is 0.366. The molecule has 0 fully saturated rings. The zero-order valence-electron chi connectivity index (χ0n) is 28.0. The maximum Gasteiger partial charge on any atom is 0.296 e. The fourth-order valence-corrected chi connectivity index (χ4v) is 9.08. The second-order valence-electron chi connectivity index (χ2n) is 13.6. The Labute approximate surface area is 274 Å². The van der Waals surface area contributed by atoms with Crippen LogP contribution >= 0.6 is 11.3 Å². The summed E-state index contributed by atoms with van der Waals surface area (Å²) in [4.78, 5) is 5.03. The minimum Gasteiger partial charge on any atom is -0.254 e. The van der Waals surface area contributed by atoms with Crippen molar-refractivity contribution >= 4 is 64.1 Å². The number of fused-ring (bicyclic) bond motifs is 7. The highest BCUT2D eigenvalue weighted by molar-refractivity contribution is 7.27. The number of rotatable bonds is 4. The maximum atomic E-state index is 5.03. The second kappa shape index (κ2) is 10.5. The van der Waals surface area contributed by atoms with E-state index in [1.54, 1.807) is 0 Å². The summed E-state index contributed by atoms with van der Waals surface area (Å²) in [6.45, 7) is 15.8. The summed E-state index contributed by atoms with van der Waals surface area (Å²) in [6, 6.07) is 31.9. The Morgan fingerprint density at radius 3 is 2.02 bits per heavy atom. The molecule has 228 valence electrons. The van der Waals surface area contributed by atoms with Crippen LogP contribution in [0.25, 0.3) is 69.8 Å². The number of hydrogen-bond acceptors (Lipinski definition) is 2. The average Bonchev–Trinajstić information content (AvgIpc) is 3.55. The molecule has 4 heteroatoms. The van der Waals surface area contributed by atoms with Crippen LogP contribution in [0.2, 0.25) is 0 Å². The number of hydrogen-bond donors (Lipinski definition) is 0. The molecule has 5 aromatic carbocycles. The Morgan fingerprint density at radius 2 is 1.33 bits per heavy atom. The quantitative estimate of drug-likeness (QED) is 0.142. The summed E-state index contributed by atoms with van der Waals surface area (Å²) in [5.74, 6) is 1.95. The number of para-hydroxylation sites is 1. The Morgan fingerprint density at radius 1 is 0.674 bits per heavy atom. The molecule has 0 radical (unpaired) electrons. The molecule has 0 atom stereocenters. The van der Waals surface area contributed by atoms with E-state index in [1.807, 2.05) is 11.3 Å². The number of benzene rings is 5. The normalized spacial score (nSPS) is 12.3. The van der Waals surface area contributed by atoms with Crippen LogP contribution in [0.15, 0.2) is 84.9 Å².